The molecule has 0 aromatic heterocycles. The molecule has 2 heteroatoms. The first-order valence-corrected chi connectivity index (χ1v) is 7.51. The lowest BCUT2D eigenvalue weighted by molar-refractivity contribution is 0.752. The number of hydrogen-bond donors (Lipinski definition) is 1. The van der Waals surface area contributed by atoms with E-state index in [9.17, 15) is 0 Å². The van der Waals surface area contributed by atoms with Gasteiger partial charge in [0.1, 0.15) is 0 Å². The zero-order valence-electron chi connectivity index (χ0n) is 11.9. The van der Waals surface area contributed by atoms with E-state index in [4.69, 9.17) is 5.73 Å². The number of nitrogens with zero attached hydrogens (tertiary/aromatic N) is 1. The summed E-state index contributed by atoms with van der Waals surface area (Å²) in [4.78, 5) is 2.50. The molecule has 1 fully saturated rings. The highest BCUT2D eigenvalue weighted by molar-refractivity contribution is 5.58. The molecule has 0 saturated heterocycles. The molecule has 1 saturated carbocycles. The summed E-state index contributed by atoms with van der Waals surface area (Å²) in [6, 6.07) is 6.42. The van der Waals surface area contributed by atoms with Crippen molar-refractivity contribution in [2.24, 2.45) is 5.92 Å². The first-order valence-electron chi connectivity index (χ1n) is 7.51. The van der Waals surface area contributed by atoms with Crippen LogP contribution in [0.4, 0.5) is 11.4 Å². The van der Waals surface area contributed by atoms with Crippen LogP contribution in [0.5, 0.6) is 0 Å². The lowest BCUT2D eigenvalue weighted by Crippen LogP contribution is -2.24. The summed E-state index contributed by atoms with van der Waals surface area (Å²) in [6.07, 6.45) is 9.18. The SMILES string of the molecule is Cc1cc(N2CCC=C(CC3CC3)CC2)ccc1N. The Morgan fingerprint density at radius 1 is 1.26 bits per heavy atom. The van der Waals surface area contributed by atoms with Gasteiger partial charge in [0.2, 0.25) is 0 Å². The number of hydrogen-bond acceptors (Lipinski definition) is 2. The van der Waals surface area contributed by atoms with E-state index in [1.807, 2.05) is 6.07 Å². The van der Waals surface area contributed by atoms with Crippen molar-refractivity contribution in [3.05, 3.63) is 35.4 Å². The van der Waals surface area contributed by atoms with Gasteiger partial charge in [0.25, 0.3) is 0 Å². The summed E-state index contributed by atoms with van der Waals surface area (Å²) in [5.74, 6) is 1.01. The molecule has 1 aliphatic carbocycles. The average Bonchev–Trinajstić information content (AvgIpc) is 3.21. The molecule has 0 spiro atoms. The van der Waals surface area contributed by atoms with Crippen molar-refractivity contribution in [3.63, 3.8) is 0 Å². The quantitative estimate of drug-likeness (QED) is 0.656. The Morgan fingerprint density at radius 2 is 2.11 bits per heavy atom. The predicted octanol–water partition coefficient (Wildman–Crippen LogP) is 3.90. The van der Waals surface area contributed by atoms with Crippen LogP contribution in [0.3, 0.4) is 0 Å². The highest BCUT2D eigenvalue weighted by atomic mass is 15.1. The van der Waals surface area contributed by atoms with E-state index in [1.165, 1.54) is 43.4 Å². The predicted molar refractivity (Wildman–Crippen MR) is 82.5 cm³/mol. The monoisotopic (exact) mass is 256 g/mol. The van der Waals surface area contributed by atoms with Crippen molar-refractivity contribution < 1.29 is 0 Å². The molecule has 0 unspecified atom stereocenters. The summed E-state index contributed by atoms with van der Waals surface area (Å²) < 4.78 is 0. The van der Waals surface area contributed by atoms with Gasteiger partial charge in [-0.2, -0.15) is 0 Å². The minimum absolute atomic E-state index is 0.895. The third kappa shape index (κ3) is 3.12. The molecule has 2 nitrogen and oxygen atoms in total. The molecule has 1 aromatic carbocycles. The molecule has 1 heterocycles. The first kappa shape index (κ1) is 12.6. The van der Waals surface area contributed by atoms with E-state index in [0.29, 0.717) is 0 Å². The van der Waals surface area contributed by atoms with E-state index < -0.39 is 0 Å². The molecule has 1 aliphatic heterocycles. The number of benzene rings is 1. The lowest BCUT2D eigenvalue weighted by Gasteiger charge is -2.23. The van der Waals surface area contributed by atoms with Crippen molar-refractivity contribution >= 4 is 11.4 Å². The van der Waals surface area contributed by atoms with Crippen molar-refractivity contribution in [1.82, 2.24) is 0 Å². The maximum Gasteiger partial charge on any atom is 0.0370 e. The van der Waals surface area contributed by atoms with Crippen LogP contribution >= 0.6 is 0 Å². The summed E-state index contributed by atoms with van der Waals surface area (Å²) in [5.41, 5.74) is 11.0. The van der Waals surface area contributed by atoms with Crippen molar-refractivity contribution in [1.29, 1.82) is 0 Å². The highest BCUT2D eigenvalue weighted by Gasteiger charge is 2.23. The Balaban J connectivity index is 1.65. The number of nitrogens with two attached hydrogens (primary N) is 1. The van der Waals surface area contributed by atoms with Crippen LogP contribution in [-0.2, 0) is 0 Å². The first-order chi connectivity index (χ1) is 9.22. The van der Waals surface area contributed by atoms with Gasteiger partial charge in [-0.3, -0.25) is 0 Å². The van der Waals surface area contributed by atoms with E-state index in [1.54, 1.807) is 5.57 Å². The van der Waals surface area contributed by atoms with Gasteiger partial charge in [-0.05, 0) is 68.7 Å². The van der Waals surface area contributed by atoms with Crippen LogP contribution in [0.1, 0.15) is 37.7 Å². The largest absolute Gasteiger partial charge is 0.399 e. The number of anilines is 2. The minimum atomic E-state index is 0.895. The molecule has 1 aromatic rings. The Labute approximate surface area is 116 Å². The summed E-state index contributed by atoms with van der Waals surface area (Å²) in [6.45, 7) is 4.38. The highest BCUT2D eigenvalue weighted by Crippen LogP contribution is 2.36. The molecule has 19 heavy (non-hydrogen) atoms. The van der Waals surface area contributed by atoms with Crippen LogP contribution in [0, 0.1) is 12.8 Å². The summed E-state index contributed by atoms with van der Waals surface area (Å²) in [5, 5.41) is 0. The normalized spacial score (nSPS) is 20.1. The number of rotatable bonds is 3. The summed E-state index contributed by atoms with van der Waals surface area (Å²) in [7, 11) is 0. The second-order valence-corrected chi connectivity index (χ2v) is 6.08. The van der Waals surface area contributed by atoms with Crippen LogP contribution in [-0.4, -0.2) is 13.1 Å². The zero-order valence-corrected chi connectivity index (χ0v) is 11.9. The number of nitrogen functional groups attached to an aromatic ring is 1. The van der Waals surface area contributed by atoms with Crippen molar-refractivity contribution in [2.75, 3.05) is 23.7 Å². The molecule has 2 aliphatic rings. The van der Waals surface area contributed by atoms with Gasteiger partial charge in [0.05, 0.1) is 0 Å². The van der Waals surface area contributed by atoms with Gasteiger partial charge in [0.15, 0.2) is 0 Å². The van der Waals surface area contributed by atoms with Gasteiger partial charge in [-0.25, -0.2) is 0 Å². The molecule has 0 bridgehead atoms. The smallest absolute Gasteiger partial charge is 0.0370 e. The molecule has 3 rings (SSSR count). The molecule has 0 atom stereocenters. The van der Waals surface area contributed by atoms with E-state index in [-0.39, 0.29) is 0 Å². The van der Waals surface area contributed by atoms with Crippen LogP contribution in [0.25, 0.3) is 0 Å². The maximum atomic E-state index is 5.90. The van der Waals surface area contributed by atoms with Gasteiger partial charge >= 0.3 is 0 Å². The topological polar surface area (TPSA) is 29.3 Å². The number of aryl methyl sites for hydroxylation is 1. The Bertz CT molecular complexity index is 486. The third-order valence-electron chi connectivity index (χ3n) is 4.40. The second kappa shape index (κ2) is 5.28. The molecule has 0 amide bonds. The minimum Gasteiger partial charge on any atom is -0.399 e. The van der Waals surface area contributed by atoms with Gasteiger partial charge in [-0.15, -0.1) is 0 Å². The molecular formula is C17H24N2. The summed E-state index contributed by atoms with van der Waals surface area (Å²) >= 11 is 0. The second-order valence-electron chi connectivity index (χ2n) is 6.08. The lowest BCUT2D eigenvalue weighted by atomic mass is 10.1. The van der Waals surface area contributed by atoms with Crippen LogP contribution < -0.4 is 10.6 Å². The van der Waals surface area contributed by atoms with E-state index >= 15 is 0 Å². The van der Waals surface area contributed by atoms with Gasteiger partial charge in [0, 0.05) is 24.5 Å². The third-order valence-corrected chi connectivity index (χ3v) is 4.40. The van der Waals surface area contributed by atoms with Gasteiger partial charge in [-0.1, -0.05) is 11.6 Å². The van der Waals surface area contributed by atoms with Crippen molar-refractivity contribution in [2.45, 2.75) is 39.0 Å². The van der Waals surface area contributed by atoms with E-state index in [0.717, 1.165) is 24.7 Å². The Hall–Kier alpha value is -1.44. The Kier molecular flexibility index (Phi) is 3.50. The fraction of sp³-hybridized carbons (Fsp3) is 0.529. The standard InChI is InChI=1S/C17H24N2/c1-13-11-16(6-7-17(13)18)19-9-2-3-14(8-10-19)12-15-4-5-15/h3,6-7,11,15H,2,4-5,8-10,12,18H2,1H3. The van der Waals surface area contributed by atoms with Crippen LogP contribution in [0.2, 0.25) is 0 Å². The Morgan fingerprint density at radius 3 is 2.84 bits per heavy atom. The average molecular weight is 256 g/mol. The maximum absolute atomic E-state index is 5.90. The molecular weight excluding hydrogens is 232 g/mol. The fourth-order valence-corrected chi connectivity index (χ4v) is 2.91. The fourth-order valence-electron chi connectivity index (χ4n) is 2.91. The van der Waals surface area contributed by atoms with Gasteiger partial charge < -0.3 is 10.6 Å². The molecule has 0 radical (unpaired) electrons. The zero-order chi connectivity index (χ0) is 13.2. The van der Waals surface area contributed by atoms with Crippen molar-refractivity contribution in [3.8, 4) is 0 Å². The van der Waals surface area contributed by atoms with Crippen LogP contribution in [0.15, 0.2) is 29.8 Å². The molecule has 102 valence electrons. The van der Waals surface area contributed by atoms with E-state index in [2.05, 4.69) is 30.0 Å². The molecule has 2 N–H and O–H groups in total.